The lowest BCUT2D eigenvalue weighted by Gasteiger charge is -2.44. The molecule has 1 heterocycles. The summed E-state index contributed by atoms with van der Waals surface area (Å²) in [6.07, 6.45) is 8.23. The van der Waals surface area contributed by atoms with Gasteiger partial charge in [0.2, 0.25) is 5.91 Å². The van der Waals surface area contributed by atoms with Gasteiger partial charge >= 0.3 is 0 Å². The Morgan fingerprint density at radius 3 is 2.65 bits per heavy atom. The Kier molecular flexibility index (Phi) is 5.74. The highest BCUT2D eigenvalue weighted by Crippen LogP contribution is 2.35. The molecule has 1 amide bonds. The van der Waals surface area contributed by atoms with Crippen LogP contribution >= 0.6 is 12.4 Å². The third-order valence-corrected chi connectivity index (χ3v) is 4.06. The lowest BCUT2D eigenvalue weighted by molar-refractivity contribution is -0.137. The summed E-state index contributed by atoms with van der Waals surface area (Å²) in [6, 6.07) is 0.533. The van der Waals surface area contributed by atoms with E-state index in [4.69, 9.17) is 5.73 Å². The molecular weight excluding hydrogens is 236 g/mol. The van der Waals surface area contributed by atoms with Gasteiger partial charge in [-0.15, -0.1) is 12.4 Å². The van der Waals surface area contributed by atoms with E-state index in [1.165, 1.54) is 38.5 Å². The highest BCUT2D eigenvalue weighted by atomic mass is 35.5. The van der Waals surface area contributed by atoms with Gasteiger partial charge in [0.25, 0.3) is 0 Å². The molecule has 2 fully saturated rings. The van der Waals surface area contributed by atoms with Gasteiger partial charge < -0.3 is 10.6 Å². The van der Waals surface area contributed by atoms with Crippen molar-refractivity contribution in [1.29, 1.82) is 0 Å². The molecule has 3 unspecified atom stereocenters. The van der Waals surface area contributed by atoms with Crippen molar-refractivity contribution in [3.63, 3.8) is 0 Å². The summed E-state index contributed by atoms with van der Waals surface area (Å²) in [5.74, 6) is 1.06. The Bertz CT molecular complexity index is 256. The summed E-state index contributed by atoms with van der Waals surface area (Å²) in [5.41, 5.74) is 5.72. The minimum absolute atomic E-state index is 0. The Labute approximate surface area is 111 Å². The number of fused-ring (bicyclic) bond motifs is 1. The quantitative estimate of drug-likeness (QED) is 0.828. The summed E-state index contributed by atoms with van der Waals surface area (Å²) < 4.78 is 0. The van der Waals surface area contributed by atoms with Crippen LogP contribution in [0.5, 0.6) is 0 Å². The van der Waals surface area contributed by atoms with Gasteiger partial charge in [-0.25, -0.2) is 0 Å². The third kappa shape index (κ3) is 3.59. The second-order valence-electron chi connectivity index (χ2n) is 5.52. The van der Waals surface area contributed by atoms with Crippen LogP contribution in [0.2, 0.25) is 0 Å². The number of nitrogens with zero attached hydrogens (tertiary/aromatic N) is 1. The summed E-state index contributed by atoms with van der Waals surface area (Å²) in [5, 5.41) is 0. The molecule has 0 bridgehead atoms. The molecular formula is C13H25ClN2O. The smallest absolute Gasteiger partial charge is 0.224 e. The lowest BCUT2D eigenvalue weighted by Crippen LogP contribution is -2.50. The van der Waals surface area contributed by atoms with E-state index in [1.54, 1.807) is 0 Å². The van der Waals surface area contributed by atoms with E-state index < -0.39 is 0 Å². The molecule has 2 N–H and O–H groups in total. The van der Waals surface area contributed by atoms with Gasteiger partial charge in [-0.2, -0.15) is 0 Å². The molecule has 1 saturated carbocycles. The Morgan fingerprint density at radius 2 is 1.94 bits per heavy atom. The van der Waals surface area contributed by atoms with Crippen LogP contribution in [0.3, 0.4) is 0 Å². The summed E-state index contributed by atoms with van der Waals surface area (Å²) >= 11 is 0. The highest BCUT2D eigenvalue weighted by molar-refractivity contribution is 5.85. The van der Waals surface area contributed by atoms with E-state index in [2.05, 4.69) is 4.90 Å². The number of nitrogens with two attached hydrogens (primary N) is 1. The largest absolute Gasteiger partial charge is 0.339 e. The molecule has 3 atom stereocenters. The molecule has 2 aliphatic rings. The van der Waals surface area contributed by atoms with Gasteiger partial charge in [0.05, 0.1) is 0 Å². The maximum Gasteiger partial charge on any atom is 0.224 e. The van der Waals surface area contributed by atoms with E-state index in [0.717, 1.165) is 12.5 Å². The number of likely N-dealkylation sites (tertiary alicyclic amines) is 1. The Hall–Kier alpha value is -0.280. The van der Waals surface area contributed by atoms with Crippen molar-refractivity contribution in [3.05, 3.63) is 0 Å². The van der Waals surface area contributed by atoms with Gasteiger partial charge in [-0.1, -0.05) is 12.8 Å². The van der Waals surface area contributed by atoms with Gasteiger partial charge in [-0.3, -0.25) is 4.79 Å². The molecule has 0 radical (unpaired) electrons. The first kappa shape index (κ1) is 14.8. The number of carbonyl (C=O) groups is 1. The minimum Gasteiger partial charge on any atom is -0.339 e. The third-order valence-electron chi connectivity index (χ3n) is 4.06. The van der Waals surface area contributed by atoms with Gasteiger partial charge in [0.1, 0.15) is 0 Å². The zero-order valence-corrected chi connectivity index (χ0v) is 11.5. The van der Waals surface area contributed by atoms with Crippen LogP contribution in [0.1, 0.15) is 51.9 Å². The van der Waals surface area contributed by atoms with Crippen LogP contribution in [0, 0.1) is 5.92 Å². The monoisotopic (exact) mass is 260 g/mol. The van der Waals surface area contributed by atoms with E-state index in [0.29, 0.717) is 12.5 Å². The molecule has 1 saturated heterocycles. The van der Waals surface area contributed by atoms with Gasteiger partial charge in [0.15, 0.2) is 0 Å². The number of halogens is 1. The number of hydrogen-bond acceptors (Lipinski definition) is 2. The molecule has 100 valence electrons. The summed E-state index contributed by atoms with van der Waals surface area (Å²) in [6.45, 7) is 2.88. The Balaban J connectivity index is 0.00000144. The van der Waals surface area contributed by atoms with Crippen molar-refractivity contribution in [2.24, 2.45) is 11.7 Å². The first-order chi connectivity index (χ1) is 7.68. The van der Waals surface area contributed by atoms with Crippen molar-refractivity contribution in [2.45, 2.75) is 64.0 Å². The predicted molar refractivity (Wildman–Crippen MR) is 72.2 cm³/mol. The van der Waals surface area contributed by atoms with E-state index in [9.17, 15) is 4.79 Å². The van der Waals surface area contributed by atoms with Crippen LogP contribution in [0.15, 0.2) is 0 Å². The van der Waals surface area contributed by atoms with E-state index in [-0.39, 0.29) is 24.4 Å². The average Bonchev–Trinajstić information content (AvgIpc) is 2.27. The zero-order chi connectivity index (χ0) is 11.5. The minimum atomic E-state index is -0.00327. The highest BCUT2D eigenvalue weighted by Gasteiger charge is 2.35. The number of amides is 1. The standard InChI is InChI=1S/C13H24N2O.ClH/c1-10(14)9-13(16)15-8-4-6-11-5-2-3-7-12(11)15;/h10-12H,2-9,14H2,1H3;1H. The van der Waals surface area contributed by atoms with Crippen molar-refractivity contribution in [2.75, 3.05) is 6.54 Å². The lowest BCUT2D eigenvalue weighted by atomic mass is 9.78. The molecule has 2 rings (SSSR count). The fraction of sp³-hybridized carbons (Fsp3) is 0.923. The zero-order valence-electron chi connectivity index (χ0n) is 10.7. The molecule has 0 spiro atoms. The molecule has 3 nitrogen and oxygen atoms in total. The van der Waals surface area contributed by atoms with E-state index >= 15 is 0 Å². The van der Waals surface area contributed by atoms with Crippen molar-refractivity contribution in [1.82, 2.24) is 4.90 Å². The number of piperidine rings is 1. The van der Waals surface area contributed by atoms with Crippen molar-refractivity contribution >= 4 is 18.3 Å². The molecule has 17 heavy (non-hydrogen) atoms. The fourth-order valence-corrected chi connectivity index (χ4v) is 3.33. The normalized spacial score (nSPS) is 30.1. The summed E-state index contributed by atoms with van der Waals surface area (Å²) in [7, 11) is 0. The Morgan fingerprint density at radius 1 is 1.29 bits per heavy atom. The number of hydrogen-bond donors (Lipinski definition) is 1. The SMILES string of the molecule is CC(N)CC(=O)N1CCCC2CCCCC21.Cl. The van der Waals surface area contributed by atoms with Crippen LogP contribution in [0.4, 0.5) is 0 Å². The van der Waals surface area contributed by atoms with Crippen LogP contribution in [-0.2, 0) is 4.79 Å². The van der Waals surface area contributed by atoms with Crippen molar-refractivity contribution < 1.29 is 4.79 Å². The predicted octanol–water partition coefficient (Wildman–Crippen LogP) is 2.33. The topological polar surface area (TPSA) is 46.3 Å². The molecule has 0 aromatic rings. The van der Waals surface area contributed by atoms with Crippen LogP contribution < -0.4 is 5.73 Å². The van der Waals surface area contributed by atoms with E-state index in [1.807, 2.05) is 6.92 Å². The number of rotatable bonds is 2. The molecule has 0 aromatic heterocycles. The van der Waals surface area contributed by atoms with Crippen molar-refractivity contribution in [3.8, 4) is 0 Å². The molecule has 0 aromatic carbocycles. The van der Waals surface area contributed by atoms with Gasteiger partial charge in [-0.05, 0) is 38.5 Å². The molecule has 4 heteroatoms. The number of carbonyl (C=O) groups excluding carboxylic acids is 1. The second-order valence-corrected chi connectivity index (χ2v) is 5.52. The molecule has 1 aliphatic heterocycles. The maximum atomic E-state index is 12.1. The van der Waals surface area contributed by atoms with Crippen LogP contribution in [0.25, 0.3) is 0 Å². The van der Waals surface area contributed by atoms with Crippen LogP contribution in [-0.4, -0.2) is 29.4 Å². The fourth-order valence-electron chi connectivity index (χ4n) is 3.33. The average molecular weight is 261 g/mol. The maximum absolute atomic E-state index is 12.1. The second kappa shape index (κ2) is 6.60. The summed E-state index contributed by atoms with van der Waals surface area (Å²) in [4.78, 5) is 14.2. The van der Waals surface area contributed by atoms with Gasteiger partial charge in [0, 0.05) is 25.0 Å². The first-order valence-electron chi connectivity index (χ1n) is 6.73. The first-order valence-corrected chi connectivity index (χ1v) is 6.73. The molecule has 1 aliphatic carbocycles.